The van der Waals surface area contributed by atoms with Gasteiger partial charge in [0.2, 0.25) is 10.0 Å². The van der Waals surface area contributed by atoms with Gasteiger partial charge in [0.25, 0.3) is 5.91 Å². The summed E-state index contributed by atoms with van der Waals surface area (Å²) < 4.78 is 71.0. The average Bonchev–Trinajstić information content (AvgIpc) is 2.73. The summed E-state index contributed by atoms with van der Waals surface area (Å²) in [6.07, 6.45) is -4.56. The van der Waals surface area contributed by atoms with Crippen LogP contribution >= 0.6 is 0 Å². The summed E-state index contributed by atoms with van der Waals surface area (Å²) in [7, 11) is -0.429. The molecule has 1 aliphatic rings. The molecule has 0 radical (unpaired) electrons. The molecule has 1 amide bonds. The molecule has 0 spiro atoms. The third-order valence-corrected chi connectivity index (χ3v) is 6.69. The number of halogens is 3. The first kappa shape index (κ1) is 23.0. The van der Waals surface area contributed by atoms with Crippen LogP contribution < -0.4 is 10.2 Å². The van der Waals surface area contributed by atoms with E-state index in [2.05, 4.69) is 5.32 Å². The Morgan fingerprint density at radius 1 is 1.06 bits per heavy atom. The highest BCUT2D eigenvalue weighted by atomic mass is 32.2. The van der Waals surface area contributed by atoms with Gasteiger partial charge in [0.15, 0.2) is 0 Å². The Morgan fingerprint density at radius 3 is 2.23 bits per heavy atom. The standard InChI is InChI=1S/C20H22F3N3O4S/c1-25(2)18-8-5-15(20(21,22)23)13-17(18)24-19(27)14-3-6-16(7-4-14)31(28,29)26-9-11-30-12-10-26/h3-8,13H,9-12H2,1-2H3,(H,24,27). The molecule has 3 rings (SSSR count). The van der Waals surface area contributed by atoms with Crippen molar-refractivity contribution in [1.82, 2.24) is 4.31 Å². The predicted molar refractivity (Wildman–Crippen MR) is 110 cm³/mol. The molecule has 0 bridgehead atoms. The highest BCUT2D eigenvalue weighted by molar-refractivity contribution is 7.89. The van der Waals surface area contributed by atoms with Crippen LogP contribution in [-0.2, 0) is 20.9 Å². The van der Waals surface area contributed by atoms with Crippen molar-refractivity contribution in [2.45, 2.75) is 11.1 Å². The van der Waals surface area contributed by atoms with Crippen LogP contribution in [0.5, 0.6) is 0 Å². The van der Waals surface area contributed by atoms with Crippen molar-refractivity contribution < 1.29 is 31.1 Å². The average molecular weight is 457 g/mol. The molecule has 0 atom stereocenters. The molecule has 7 nitrogen and oxygen atoms in total. The van der Waals surface area contributed by atoms with Crippen LogP contribution in [0.1, 0.15) is 15.9 Å². The number of hydrogen-bond acceptors (Lipinski definition) is 5. The molecule has 1 fully saturated rings. The number of carbonyl (C=O) groups is 1. The Balaban J connectivity index is 1.83. The summed E-state index contributed by atoms with van der Waals surface area (Å²) in [5.41, 5.74) is -0.383. The number of nitrogens with one attached hydrogen (secondary N) is 1. The number of benzene rings is 2. The summed E-state index contributed by atoms with van der Waals surface area (Å²) in [6, 6.07) is 8.34. The number of carbonyl (C=O) groups excluding carboxylic acids is 1. The van der Waals surface area contributed by atoms with Gasteiger partial charge in [0.1, 0.15) is 0 Å². The van der Waals surface area contributed by atoms with E-state index in [1.54, 1.807) is 19.0 Å². The molecule has 31 heavy (non-hydrogen) atoms. The minimum atomic E-state index is -4.56. The zero-order valence-electron chi connectivity index (χ0n) is 16.9. The fourth-order valence-corrected chi connectivity index (χ4v) is 4.52. The third kappa shape index (κ3) is 5.17. The van der Waals surface area contributed by atoms with Gasteiger partial charge in [-0.2, -0.15) is 17.5 Å². The van der Waals surface area contributed by atoms with Gasteiger partial charge in [-0.1, -0.05) is 0 Å². The van der Waals surface area contributed by atoms with Crippen molar-refractivity contribution in [2.75, 3.05) is 50.6 Å². The number of ether oxygens (including phenoxy) is 1. The highest BCUT2D eigenvalue weighted by Crippen LogP contribution is 2.35. The second-order valence-electron chi connectivity index (χ2n) is 7.12. The van der Waals surface area contributed by atoms with E-state index in [0.29, 0.717) is 18.9 Å². The maximum atomic E-state index is 13.1. The second kappa shape index (κ2) is 8.85. The molecule has 1 aliphatic heterocycles. The normalized spacial score (nSPS) is 15.5. The third-order valence-electron chi connectivity index (χ3n) is 4.78. The van der Waals surface area contributed by atoms with Crippen molar-refractivity contribution in [2.24, 2.45) is 0 Å². The van der Waals surface area contributed by atoms with Crippen molar-refractivity contribution in [3.05, 3.63) is 53.6 Å². The van der Waals surface area contributed by atoms with Crippen LogP contribution in [0, 0.1) is 0 Å². The lowest BCUT2D eigenvalue weighted by Gasteiger charge is -2.26. The molecular weight excluding hydrogens is 435 g/mol. The van der Waals surface area contributed by atoms with E-state index < -0.39 is 27.7 Å². The number of alkyl halides is 3. The van der Waals surface area contributed by atoms with E-state index in [-0.39, 0.29) is 29.2 Å². The van der Waals surface area contributed by atoms with Gasteiger partial charge in [-0.15, -0.1) is 0 Å². The van der Waals surface area contributed by atoms with Crippen LogP contribution in [0.3, 0.4) is 0 Å². The summed E-state index contributed by atoms with van der Waals surface area (Å²) in [4.78, 5) is 14.2. The number of nitrogens with zero attached hydrogens (tertiary/aromatic N) is 2. The molecule has 1 heterocycles. The highest BCUT2D eigenvalue weighted by Gasteiger charge is 2.31. The Kier molecular flexibility index (Phi) is 6.58. The molecule has 2 aromatic carbocycles. The van der Waals surface area contributed by atoms with Crippen LogP contribution in [0.15, 0.2) is 47.4 Å². The first-order valence-electron chi connectivity index (χ1n) is 9.38. The molecule has 1 N–H and O–H groups in total. The second-order valence-corrected chi connectivity index (χ2v) is 9.06. The topological polar surface area (TPSA) is 79.0 Å². The maximum absolute atomic E-state index is 13.1. The molecule has 0 unspecified atom stereocenters. The van der Waals surface area contributed by atoms with Crippen LogP contribution in [0.4, 0.5) is 24.5 Å². The fraction of sp³-hybridized carbons (Fsp3) is 0.350. The van der Waals surface area contributed by atoms with Gasteiger partial charge in [-0.05, 0) is 42.5 Å². The van der Waals surface area contributed by atoms with Gasteiger partial charge in [0.05, 0.1) is 35.0 Å². The molecule has 2 aromatic rings. The predicted octanol–water partition coefficient (Wildman–Crippen LogP) is 3.04. The van der Waals surface area contributed by atoms with Crippen molar-refractivity contribution in [1.29, 1.82) is 0 Å². The lowest BCUT2D eigenvalue weighted by molar-refractivity contribution is -0.137. The quantitative estimate of drug-likeness (QED) is 0.747. The monoisotopic (exact) mass is 457 g/mol. The zero-order valence-corrected chi connectivity index (χ0v) is 17.8. The van der Waals surface area contributed by atoms with Gasteiger partial charge in [-0.3, -0.25) is 4.79 Å². The zero-order chi connectivity index (χ0) is 22.8. The summed E-state index contributed by atoms with van der Waals surface area (Å²) in [5, 5.41) is 2.49. The largest absolute Gasteiger partial charge is 0.416 e. The maximum Gasteiger partial charge on any atom is 0.416 e. The van der Waals surface area contributed by atoms with E-state index in [0.717, 1.165) is 12.1 Å². The van der Waals surface area contributed by atoms with Crippen molar-refractivity contribution >= 4 is 27.3 Å². The SMILES string of the molecule is CN(C)c1ccc(C(F)(F)F)cc1NC(=O)c1ccc(S(=O)(=O)N2CCOCC2)cc1. The van der Waals surface area contributed by atoms with Gasteiger partial charge in [0, 0.05) is 32.7 Å². The molecule has 11 heteroatoms. The van der Waals surface area contributed by atoms with Crippen LogP contribution in [0.25, 0.3) is 0 Å². The number of rotatable bonds is 5. The van der Waals surface area contributed by atoms with E-state index in [1.807, 2.05) is 0 Å². The van der Waals surface area contributed by atoms with Gasteiger partial charge >= 0.3 is 6.18 Å². The number of morpholine rings is 1. The number of sulfonamides is 1. The minimum absolute atomic E-state index is 0.00478. The van der Waals surface area contributed by atoms with Crippen LogP contribution in [0.2, 0.25) is 0 Å². The van der Waals surface area contributed by atoms with Crippen LogP contribution in [-0.4, -0.2) is 59.0 Å². The molecule has 0 aromatic heterocycles. The molecular formula is C20H22F3N3O4S. The number of anilines is 2. The Morgan fingerprint density at radius 2 is 1.68 bits per heavy atom. The lowest BCUT2D eigenvalue weighted by Crippen LogP contribution is -2.40. The van der Waals surface area contributed by atoms with E-state index in [9.17, 15) is 26.4 Å². The fourth-order valence-electron chi connectivity index (χ4n) is 3.11. The van der Waals surface area contributed by atoms with E-state index in [4.69, 9.17) is 4.74 Å². The summed E-state index contributed by atoms with van der Waals surface area (Å²) in [6.45, 7) is 1.11. The Hall–Kier alpha value is -2.63. The van der Waals surface area contributed by atoms with Crippen molar-refractivity contribution in [3.63, 3.8) is 0 Å². The molecule has 0 aliphatic carbocycles. The van der Waals surface area contributed by atoms with Gasteiger partial charge in [-0.25, -0.2) is 8.42 Å². The smallest absolute Gasteiger partial charge is 0.379 e. The first-order valence-corrected chi connectivity index (χ1v) is 10.8. The molecule has 0 saturated carbocycles. The van der Waals surface area contributed by atoms with E-state index >= 15 is 0 Å². The summed E-state index contributed by atoms with van der Waals surface area (Å²) >= 11 is 0. The summed E-state index contributed by atoms with van der Waals surface area (Å²) in [5.74, 6) is -0.655. The van der Waals surface area contributed by atoms with Gasteiger partial charge < -0.3 is 15.0 Å². The van der Waals surface area contributed by atoms with Crippen molar-refractivity contribution in [3.8, 4) is 0 Å². The van der Waals surface area contributed by atoms with E-state index in [1.165, 1.54) is 34.6 Å². The molecule has 1 saturated heterocycles. The lowest BCUT2D eigenvalue weighted by atomic mass is 10.1. The first-order chi connectivity index (χ1) is 14.5. The minimum Gasteiger partial charge on any atom is -0.379 e. The Labute approximate surface area is 178 Å². The Bertz CT molecular complexity index is 1050. The number of amides is 1. The number of hydrogen-bond donors (Lipinski definition) is 1. The molecule has 168 valence electrons.